The lowest BCUT2D eigenvalue weighted by Crippen LogP contribution is -2.31. The first-order valence-corrected chi connectivity index (χ1v) is 5.84. The van der Waals surface area contributed by atoms with E-state index in [0.717, 1.165) is 5.69 Å². The summed E-state index contributed by atoms with van der Waals surface area (Å²) < 4.78 is 0. The largest absolute Gasteiger partial charge is 0.398 e. The minimum Gasteiger partial charge on any atom is -0.398 e. The number of nitrogens with two attached hydrogens (primary N) is 1. The third-order valence-corrected chi connectivity index (χ3v) is 2.77. The second kappa shape index (κ2) is 6.05. The summed E-state index contributed by atoms with van der Waals surface area (Å²) in [6, 6.07) is 5.07. The van der Waals surface area contributed by atoms with Crippen molar-refractivity contribution in [2.75, 3.05) is 31.2 Å². The van der Waals surface area contributed by atoms with Crippen LogP contribution in [0, 0.1) is 0 Å². The summed E-state index contributed by atoms with van der Waals surface area (Å²) >= 11 is 0. The van der Waals surface area contributed by atoms with Gasteiger partial charge in [-0.2, -0.15) is 0 Å². The van der Waals surface area contributed by atoms with Gasteiger partial charge in [-0.25, -0.2) is 0 Å². The highest BCUT2D eigenvalue weighted by atomic mass is 16.2. The van der Waals surface area contributed by atoms with Gasteiger partial charge in [0, 0.05) is 30.5 Å². The molecule has 5 heteroatoms. The molecule has 0 radical (unpaired) electrons. The van der Waals surface area contributed by atoms with E-state index >= 15 is 0 Å². The topological polar surface area (TPSA) is 75.4 Å². The molecule has 0 aliphatic rings. The molecule has 1 aromatic carbocycles. The molecule has 0 aliphatic carbocycles. The van der Waals surface area contributed by atoms with Crippen LogP contribution in [-0.4, -0.2) is 36.7 Å². The van der Waals surface area contributed by atoms with Gasteiger partial charge in [0.15, 0.2) is 5.78 Å². The highest BCUT2D eigenvalue weighted by Gasteiger charge is 2.08. The number of ketones is 1. The zero-order valence-electron chi connectivity index (χ0n) is 11.0. The highest BCUT2D eigenvalue weighted by molar-refractivity contribution is 5.99. The van der Waals surface area contributed by atoms with E-state index in [1.807, 2.05) is 6.92 Å². The molecule has 0 aromatic heterocycles. The summed E-state index contributed by atoms with van der Waals surface area (Å²) in [5.74, 6) is -0.0624. The Balaban J connectivity index is 2.67. The average molecular weight is 249 g/mol. The second-order valence-electron chi connectivity index (χ2n) is 4.12. The quantitative estimate of drug-likeness (QED) is 0.610. The molecule has 1 aromatic rings. The zero-order valence-corrected chi connectivity index (χ0v) is 11.0. The lowest BCUT2D eigenvalue weighted by atomic mass is 10.1. The van der Waals surface area contributed by atoms with E-state index in [9.17, 15) is 9.59 Å². The Morgan fingerprint density at radius 3 is 2.56 bits per heavy atom. The number of anilines is 2. The molecule has 0 fully saturated rings. The summed E-state index contributed by atoms with van der Waals surface area (Å²) in [7, 11) is 1.75. The fourth-order valence-corrected chi connectivity index (χ4v) is 1.48. The van der Waals surface area contributed by atoms with E-state index in [1.54, 1.807) is 30.1 Å². The maximum absolute atomic E-state index is 11.6. The summed E-state index contributed by atoms with van der Waals surface area (Å²) in [6.07, 6.45) is 0. The normalized spacial score (nSPS) is 9.94. The standard InChI is InChI=1S/C13H19N3O2/c1-4-16(3)13(18)8-15-10-5-6-11(9(2)17)12(14)7-10/h5-7,15H,4,8,14H2,1-3H3. The maximum atomic E-state index is 11.6. The van der Waals surface area contributed by atoms with Crippen molar-refractivity contribution >= 4 is 23.1 Å². The number of hydrogen-bond donors (Lipinski definition) is 2. The van der Waals surface area contributed by atoms with Gasteiger partial charge < -0.3 is 16.0 Å². The van der Waals surface area contributed by atoms with Crippen LogP contribution >= 0.6 is 0 Å². The molecule has 0 unspecified atom stereocenters. The molecule has 0 atom stereocenters. The minimum absolute atomic E-state index is 0.00622. The smallest absolute Gasteiger partial charge is 0.241 e. The van der Waals surface area contributed by atoms with Crippen LogP contribution in [0.5, 0.6) is 0 Å². The van der Waals surface area contributed by atoms with Crippen molar-refractivity contribution in [3.63, 3.8) is 0 Å². The predicted molar refractivity (Wildman–Crippen MR) is 72.7 cm³/mol. The molecular formula is C13H19N3O2. The number of nitrogens with one attached hydrogen (secondary N) is 1. The van der Waals surface area contributed by atoms with Crippen molar-refractivity contribution < 1.29 is 9.59 Å². The number of carbonyl (C=O) groups excluding carboxylic acids is 2. The Morgan fingerprint density at radius 1 is 1.39 bits per heavy atom. The number of nitrogen functional groups attached to an aromatic ring is 1. The number of carbonyl (C=O) groups is 2. The van der Waals surface area contributed by atoms with Crippen molar-refractivity contribution in [3.8, 4) is 0 Å². The van der Waals surface area contributed by atoms with E-state index < -0.39 is 0 Å². The molecule has 0 saturated heterocycles. The van der Waals surface area contributed by atoms with E-state index in [4.69, 9.17) is 5.73 Å². The Bertz CT molecular complexity index is 458. The second-order valence-corrected chi connectivity index (χ2v) is 4.12. The SMILES string of the molecule is CCN(C)C(=O)CNc1ccc(C(C)=O)c(N)c1. The van der Waals surface area contributed by atoms with Gasteiger partial charge in [0.1, 0.15) is 0 Å². The molecule has 0 aliphatic heterocycles. The van der Waals surface area contributed by atoms with Crippen LogP contribution < -0.4 is 11.1 Å². The summed E-state index contributed by atoms with van der Waals surface area (Å²) in [5.41, 5.74) is 7.41. The van der Waals surface area contributed by atoms with E-state index in [2.05, 4.69) is 5.32 Å². The van der Waals surface area contributed by atoms with Gasteiger partial charge in [-0.05, 0) is 32.0 Å². The first-order valence-electron chi connectivity index (χ1n) is 5.84. The molecule has 0 saturated carbocycles. The van der Waals surface area contributed by atoms with Crippen LogP contribution in [0.4, 0.5) is 11.4 Å². The van der Waals surface area contributed by atoms with Gasteiger partial charge in [0.05, 0.1) is 6.54 Å². The Morgan fingerprint density at radius 2 is 2.06 bits per heavy atom. The van der Waals surface area contributed by atoms with Crippen LogP contribution in [0.1, 0.15) is 24.2 Å². The predicted octanol–water partition coefficient (Wildman–Crippen LogP) is 1.36. The third-order valence-electron chi connectivity index (χ3n) is 2.77. The van der Waals surface area contributed by atoms with Gasteiger partial charge >= 0.3 is 0 Å². The summed E-state index contributed by atoms with van der Waals surface area (Å²) in [4.78, 5) is 24.4. The molecular weight excluding hydrogens is 230 g/mol. The number of nitrogens with zero attached hydrogens (tertiary/aromatic N) is 1. The molecule has 5 nitrogen and oxygen atoms in total. The Labute approximate surface area is 107 Å². The van der Waals surface area contributed by atoms with Gasteiger partial charge in [-0.15, -0.1) is 0 Å². The number of hydrogen-bond acceptors (Lipinski definition) is 4. The molecule has 98 valence electrons. The van der Waals surface area contributed by atoms with E-state index in [1.165, 1.54) is 6.92 Å². The summed E-state index contributed by atoms with van der Waals surface area (Å²) in [5, 5.41) is 2.98. The van der Waals surface area contributed by atoms with E-state index in [0.29, 0.717) is 17.8 Å². The number of Topliss-reactive ketones (excluding diaryl/α,β-unsaturated/α-hetero) is 1. The number of benzene rings is 1. The minimum atomic E-state index is -0.0687. The molecule has 3 N–H and O–H groups in total. The van der Waals surface area contributed by atoms with Crippen LogP contribution in [-0.2, 0) is 4.79 Å². The summed E-state index contributed by atoms with van der Waals surface area (Å²) in [6.45, 7) is 4.27. The molecule has 1 amide bonds. The van der Waals surface area contributed by atoms with Crippen molar-refractivity contribution in [3.05, 3.63) is 23.8 Å². The van der Waals surface area contributed by atoms with Crippen molar-refractivity contribution in [1.29, 1.82) is 0 Å². The van der Waals surface area contributed by atoms with Crippen LogP contribution in [0.15, 0.2) is 18.2 Å². The van der Waals surface area contributed by atoms with E-state index in [-0.39, 0.29) is 18.2 Å². The Hall–Kier alpha value is -2.04. The molecule has 0 bridgehead atoms. The third kappa shape index (κ3) is 3.48. The van der Waals surface area contributed by atoms with Crippen molar-refractivity contribution in [1.82, 2.24) is 4.90 Å². The molecule has 0 heterocycles. The first kappa shape index (κ1) is 14.0. The van der Waals surface area contributed by atoms with Gasteiger partial charge in [0.2, 0.25) is 5.91 Å². The molecule has 1 rings (SSSR count). The van der Waals surface area contributed by atoms with Crippen LogP contribution in [0.2, 0.25) is 0 Å². The van der Waals surface area contributed by atoms with Crippen LogP contribution in [0.3, 0.4) is 0 Å². The zero-order chi connectivity index (χ0) is 13.7. The Kier molecular flexibility index (Phi) is 4.71. The van der Waals surface area contributed by atoms with Gasteiger partial charge in [-0.3, -0.25) is 9.59 Å². The van der Waals surface area contributed by atoms with Gasteiger partial charge in [-0.1, -0.05) is 0 Å². The monoisotopic (exact) mass is 249 g/mol. The number of likely N-dealkylation sites (N-methyl/N-ethyl adjacent to an activating group) is 1. The molecule has 0 spiro atoms. The average Bonchev–Trinajstić information content (AvgIpc) is 2.34. The first-order chi connectivity index (χ1) is 8.45. The maximum Gasteiger partial charge on any atom is 0.241 e. The van der Waals surface area contributed by atoms with Crippen LogP contribution in [0.25, 0.3) is 0 Å². The van der Waals surface area contributed by atoms with Crippen molar-refractivity contribution in [2.24, 2.45) is 0 Å². The fourth-order valence-electron chi connectivity index (χ4n) is 1.48. The lowest BCUT2D eigenvalue weighted by molar-refractivity contribution is -0.127. The number of rotatable bonds is 5. The molecule has 18 heavy (non-hydrogen) atoms. The highest BCUT2D eigenvalue weighted by Crippen LogP contribution is 2.18. The lowest BCUT2D eigenvalue weighted by Gasteiger charge is -2.15. The fraction of sp³-hybridized carbons (Fsp3) is 0.385. The number of amides is 1. The van der Waals surface area contributed by atoms with Gasteiger partial charge in [0.25, 0.3) is 0 Å². The van der Waals surface area contributed by atoms with Crippen molar-refractivity contribution in [2.45, 2.75) is 13.8 Å².